The normalized spacial score (nSPS) is 24.1. The van der Waals surface area contributed by atoms with E-state index >= 15 is 0 Å². The van der Waals surface area contributed by atoms with Gasteiger partial charge in [-0.05, 0) is 43.0 Å². The fraction of sp³-hybridized carbons (Fsp3) is 0.692. The van der Waals surface area contributed by atoms with Gasteiger partial charge in [0, 0.05) is 12.8 Å². The van der Waals surface area contributed by atoms with Gasteiger partial charge in [-0.1, -0.05) is 21.5 Å². The number of halogens is 1. The quantitative estimate of drug-likeness (QED) is 0.727. The fourth-order valence-corrected chi connectivity index (χ4v) is 3.22. The van der Waals surface area contributed by atoms with Crippen molar-refractivity contribution in [2.45, 2.75) is 51.4 Å². The van der Waals surface area contributed by atoms with Gasteiger partial charge in [0.15, 0.2) is 0 Å². The van der Waals surface area contributed by atoms with E-state index in [0.717, 1.165) is 19.3 Å². The minimum Gasteiger partial charge on any atom is -0.299 e. The van der Waals surface area contributed by atoms with Crippen LogP contribution in [0.5, 0.6) is 0 Å². The summed E-state index contributed by atoms with van der Waals surface area (Å²) >= 11 is 3.58. The Bertz CT molecular complexity index is 328. The van der Waals surface area contributed by atoms with Crippen molar-refractivity contribution in [3.63, 3.8) is 0 Å². The van der Waals surface area contributed by atoms with Gasteiger partial charge in [-0.3, -0.25) is 9.59 Å². The zero-order valence-corrected chi connectivity index (χ0v) is 11.0. The predicted molar refractivity (Wildman–Crippen MR) is 66.4 cm³/mol. The molecule has 1 fully saturated rings. The molecule has 0 unspecified atom stereocenters. The van der Waals surface area contributed by atoms with Crippen molar-refractivity contribution in [2.75, 3.05) is 0 Å². The number of carbonyl (C=O) groups is 2. The third kappa shape index (κ3) is 2.62. The zero-order chi connectivity index (χ0) is 11.5. The molecule has 0 aliphatic heterocycles. The van der Waals surface area contributed by atoms with Gasteiger partial charge in [0.05, 0.1) is 5.92 Å². The second-order valence-electron chi connectivity index (χ2n) is 4.76. The Hall–Kier alpha value is -0.440. The minimum atomic E-state index is -0.325. The standard InChI is InChI=1S/C13H17BrO2/c14-11-5-2-1-4-9(11)8-10-12(15)6-3-7-13(10)16/h10H,1-8H2. The maximum atomic E-state index is 11.7. The molecule has 0 aromatic heterocycles. The molecule has 0 aromatic rings. The lowest BCUT2D eigenvalue weighted by molar-refractivity contribution is -0.135. The van der Waals surface area contributed by atoms with Crippen LogP contribution in [0.1, 0.15) is 51.4 Å². The lowest BCUT2D eigenvalue weighted by Gasteiger charge is -2.23. The first-order valence-electron chi connectivity index (χ1n) is 6.10. The molecule has 0 atom stereocenters. The van der Waals surface area contributed by atoms with Crippen LogP contribution in [0.2, 0.25) is 0 Å². The van der Waals surface area contributed by atoms with Crippen LogP contribution < -0.4 is 0 Å². The Labute approximate surface area is 105 Å². The summed E-state index contributed by atoms with van der Waals surface area (Å²) in [4.78, 5) is 23.5. The monoisotopic (exact) mass is 284 g/mol. The molecule has 0 radical (unpaired) electrons. The molecule has 1 saturated carbocycles. The van der Waals surface area contributed by atoms with Gasteiger partial charge >= 0.3 is 0 Å². The predicted octanol–water partition coefficient (Wildman–Crippen LogP) is 3.54. The second kappa shape index (κ2) is 5.26. The summed E-state index contributed by atoms with van der Waals surface area (Å²) in [6, 6.07) is 0. The molecule has 0 bridgehead atoms. The molecular formula is C13H17BrO2. The minimum absolute atomic E-state index is 0.162. The molecule has 0 N–H and O–H groups in total. The molecule has 2 nitrogen and oxygen atoms in total. The van der Waals surface area contributed by atoms with Gasteiger partial charge in [0.2, 0.25) is 0 Å². The van der Waals surface area contributed by atoms with Crippen LogP contribution >= 0.6 is 15.9 Å². The van der Waals surface area contributed by atoms with Crippen LogP contribution in [0.4, 0.5) is 0 Å². The summed E-state index contributed by atoms with van der Waals surface area (Å²) < 4.78 is 1.24. The number of hydrogen-bond acceptors (Lipinski definition) is 2. The topological polar surface area (TPSA) is 34.1 Å². The number of allylic oxidation sites excluding steroid dienone is 2. The molecule has 0 saturated heterocycles. The van der Waals surface area contributed by atoms with Crippen LogP contribution in [0.25, 0.3) is 0 Å². The van der Waals surface area contributed by atoms with Crippen molar-refractivity contribution in [2.24, 2.45) is 5.92 Å². The largest absolute Gasteiger partial charge is 0.299 e. The van der Waals surface area contributed by atoms with E-state index in [-0.39, 0.29) is 17.5 Å². The molecule has 2 rings (SSSR count). The highest BCUT2D eigenvalue weighted by atomic mass is 79.9. The Morgan fingerprint density at radius 3 is 2.19 bits per heavy atom. The first-order chi connectivity index (χ1) is 7.68. The van der Waals surface area contributed by atoms with Gasteiger partial charge in [-0.2, -0.15) is 0 Å². The van der Waals surface area contributed by atoms with Gasteiger partial charge in [0.25, 0.3) is 0 Å². The average molecular weight is 285 g/mol. The van der Waals surface area contributed by atoms with Crippen LogP contribution in [0.3, 0.4) is 0 Å². The summed E-state index contributed by atoms with van der Waals surface area (Å²) in [6.07, 6.45) is 7.17. The lowest BCUT2D eigenvalue weighted by atomic mass is 9.80. The van der Waals surface area contributed by atoms with E-state index in [1.807, 2.05) is 0 Å². The number of carbonyl (C=O) groups excluding carboxylic acids is 2. The molecular weight excluding hydrogens is 268 g/mol. The Morgan fingerprint density at radius 1 is 0.938 bits per heavy atom. The highest BCUT2D eigenvalue weighted by Crippen LogP contribution is 2.34. The second-order valence-corrected chi connectivity index (χ2v) is 5.72. The number of Topliss-reactive ketones (excluding diaryl/α,β-unsaturated/α-hetero) is 2. The molecule has 0 heterocycles. The highest BCUT2D eigenvalue weighted by molar-refractivity contribution is 9.11. The third-order valence-corrected chi connectivity index (χ3v) is 4.54. The molecule has 2 aliphatic carbocycles. The van der Waals surface area contributed by atoms with Crippen LogP contribution in [-0.2, 0) is 9.59 Å². The van der Waals surface area contributed by atoms with Gasteiger partial charge < -0.3 is 0 Å². The smallest absolute Gasteiger partial charge is 0.143 e. The SMILES string of the molecule is O=C1CCCC(=O)C1CC1=C(Br)CCCC1. The van der Waals surface area contributed by atoms with Crippen molar-refractivity contribution in [3.05, 3.63) is 10.1 Å². The summed E-state index contributed by atoms with van der Waals surface area (Å²) in [7, 11) is 0. The Balaban J connectivity index is 2.07. The fourth-order valence-electron chi connectivity index (χ4n) is 2.58. The van der Waals surface area contributed by atoms with Gasteiger partial charge in [-0.25, -0.2) is 0 Å². The Kier molecular flexibility index (Phi) is 3.95. The number of hydrogen-bond donors (Lipinski definition) is 0. The zero-order valence-electron chi connectivity index (χ0n) is 9.43. The summed E-state index contributed by atoms with van der Waals surface area (Å²) in [5.41, 5.74) is 1.31. The molecule has 0 amide bonds. The van der Waals surface area contributed by atoms with Crippen molar-refractivity contribution in [1.82, 2.24) is 0 Å². The van der Waals surface area contributed by atoms with Crippen molar-refractivity contribution >= 4 is 27.5 Å². The van der Waals surface area contributed by atoms with E-state index in [0.29, 0.717) is 19.3 Å². The molecule has 2 aliphatic rings. The third-order valence-electron chi connectivity index (χ3n) is 3.58. The van der Waals surface area contributed by atoms with E-state index in [2.05, 4.69) is 15.9 Å². The molecule has 0 spiro atoms. The summed E-state index contributed by atoms with van der Waals surface area (Å²) in [5.74, 6) is -0.00125. The molecule has 0 aromatic carbocycles. The average Bonchev–Trinajstić information content (AvgIpc) is 2.26. The van der Waals surface area contributed by atoms with E-state index in [1.54, 1.807) is 0 Å². The molecule has 16 heavy (non-hydrogen) atoms. The summed E-state index contributed by atoms with van der Waals surface area (Å²) in [5, 5.41) is 0. The maximum Gasteiger partial charge on any atom is 0.143 e. The first kappa shape index (κ1) is 12.0. The summed E-state index contributed by atoms with van der Waals surface area (Å²) in [6.45, 7) is 0. The van der Waals surface area contributed by atoms with E-state index in [4.69, 9.17) is 0 Å². The molecule has 88 valence electrons. The number of rotatable bonds is 2. The van der Waals surface area contributed by atoms with Gasteiger partial charge in [-0.15, -0.1) is 0 Å². The first-order valence-corrected chi connectivity index (χ1v) is 6.89. The van der Waals surface area contributed by atoms with Crippen molar-refractivity contribution in [3.8, 4) is 0 Å². The van der Waals surface area contributed by atoms with Crippen LogP contribution in [-0.4, -0.2) is 11.6 Å². The molecule has 3 heteroatoms. The Morgan fingerprint density at radius 2 is 1.56 bits per heavy atom. The lowest BCUT2D eigenvalue weighted by Crippen LogP contribution is -2.29. The van der Waals surface area contributed by atoms with Gasteiger partial charge in [0.1, 0.15) is 11.6 Å². The van der Waals surface area contributed by atoms with E-state index in [1.165, 1.54) is 22.9 Å². The number of ketones is 2. The maximum absolute atomic E-state index is 11.7. The van der Waals surface area contributed by atoms with Crippen molar-refractivity contribution < 1.29 is 9.59 Å². The van der Waals surface area contributed by atoms with E-state index in [9.17, 15) is 9.59 Å². The van der Waals surface area contributed by atoms with Crippen molar-refractivity contribution in [1.29, 1.82) is 0 Å². The van der Waals surface area contributed by atoms with Crippen LogP contribution in [0, 0.1) is 5.92 Å². The highest BCUT2D eigenvalue weighted by Gasteiger charge is 2.31. The van der Waals surface area contributed by atoms with E-state index < -0.39 is 0 Å². The van der Waals surface area contributed by atoms with Crippen LogP contribution in [0.15, 0.2) is 10.1 Å².